The van der Waals surface area contributed by atoms with Gasteiger partial charge in [-0.25, -0.2) is 4.79 Å². The van der Waals surface area contributed by atoms with Gasteiger partial charge in [0.15, 0.2) is 0 Å². The number of halogens is 1. The van der Waals surface area contributed by atoms with Crippen LogP contribution in [-0.2, 0) is 14.1 Å². The van der Waals surface area contributed by atoms with E-state index in [0.717, 1.165) is 10.1 Å². The monoisotopic (exact) mass is 292 g/mol. The third kappa shape index (κ3) is 2.97. The maximum Gasteiger partial charge on any atom is 0.332 e. The molecule has 0 aliphatic carbocycles. The summed E-state index contributed by atoms with van der Waals surface area (Å²) in [6.45, 7) is 0. The van der Waals surface area contributed by atoms with Crippen LogP contribution in [0.15, 0.2) is 45.0 Å². The minimum atomic E-state index is -0.415. The van der Waals surface area contributed by atoms with Gasteiger partial charge in [0.1, 0.15) is 5.82 Å². The van der Waals surface area contributed by atoms with Gasteiger partial charge in [0, 0.05) is 25.2 Å². The van der Waals surface area contributed by atoms with E-state index in [0.29, 0.717) is 10.8 Å². The zero-order valence-electron chi connectivity index (χ0n) is 11.0. The molecule has 0 saturated heterocycles. The van der Waals surface area contributed by atoms with Crippen molar-refractivity contribution in [2.45, 2.75) is 0 Å². The van der Waals surface area contributed by atoms with E-state index in [-0.39, 0.29) is 0 Å². The molecule has 0 bridgehead atoms. The SMILES string of the molecule is Cn1c(N/N=C/c2ccc(Cl)cc2)cc(=O)n(C)c1=O. The summed E-state index contributed by atoms with van der Waals surface area (Å²) in [5, 5.41) is 4.63. The third-order valence-corrected chi connectivity index (χ3v) is 3.04. The third-order valence-electron chi connectivity index (χ3n) is 2.79. The van der Waals surface area contributed by atoms with Gasteiger partial charge >= 0.3 is 5.69 Å². The highest BCUT2D eigenvalue weighted by atomic mass is 35.5. The number of hydrogen-bond donors (Lipinski definition) is 1. The minimum Gasteiger partial charge on any atom is -0.281 e. The molecule has 0 spiro atoms. The fraction of sp³-hybridized carbons (Fsp3) is 0.154. The van der Waals surface area contributed by atoms with Crippen LogP contribution in [0.4, 0.5) is 5.82 Å². The Morgan fingerprint density at radius 2 is 1.80 bits per heavy atom. The molecule has 0 fully saturated rings. The van der Waals surface area contributed by atoms with E-state index < -0.39 is 11.2 Å². The fourth-order valence-electron chi connectivity index (χ4n) is 1.56. The molecule has 104 valence electrons. The maximum atomic E-state index is 11.7. The van der Waals surface area contributed by atoms with Crippen LogP contribution in [0.1, 0.15) is 5.56 Å². The van der Waals surface area contributed by atoms with Crippen molar-refractivity contribution in [3.05, 3.63) is 61.8 Å². The Bertz CT molecular complexity index is 759. The Morgan fingerprint density at radius 3 is 2.45 bits per heavy atom. The summed E-state index contributed by atoms with van der Waals surface area (Å²) in [7, 11) is 2.98. The molecule has 7 heteroatoms. The second-order valence-electron chi connectivity index (χ2n) is 4.19. The molecule has 0 aliphatic rings. The first-order chi connectivity index (χ1) is 9.49. The van der Waals surface area contributed by atoms with Crippen molar-refractivity contribution in [1.29, 1.82) is 0 Å². The van der Waals surface area contributed by atoms with Crippen LogP contribution < -0.4 is 16.7 Å². The Balaban J connectivity index is 2.21. The number of aromatic nitrogens is 2. The molecule has 2 rings (SSSR count). The van der Waals surface area contributed by atoms with Crippen LogP contribution in [0, 0.1) is 0 Å². The number of benzene rings is 1. The van der Waals surface area contributed by atoms with Gasteiger partial charge in [0.25, 0.3) is 5.56 Å². The zero-order chi connectivity index (χ0) is 14.7. The molecule has 0 amide bonds. The van der Waals surface area contributed by atoms with E-state index in [1.165, 1.54) is 17.7 Å². The van der Waals surface area contributed by atoms with Crippen molar-refractivity contribution in [2.75, 3.05) is 5.43 Å². The van der Waals surface area contributed by atoms with Crippen molar-refractivity contribution in [1.82, 2.24) is 9.13 Å². The van der Waals surface area contributed by atoms with Gasteiger partial charge in [-0.2, -0.15) is 5.10 Å². The number of rotatable bonds is 3. The lowest BCUT2D eigenvalue weighted by Gasteiger charge is -2.07. The van der Waals surface area contributed by atoms with Crippen LogP contribution in [-0.4, -0.2) is 15.3 Å². The summed E-state index contributed by atoms with van der Waals surface area (Å²) in [4.78, 5) is 23.2. The van der Waals surface area contributed by atoms with Crippen molar-refractivity contribution in [3.63, 3.8) is 0 Å². The first-order valence-electron chi connectivity index (χ1n) is 5.81. The molecule has 1 N–H and O–H groups in total. The lowest BCUT2D eigenvalue weighted by atomic mass is 10.2. The highest BCUT2D eigenvalue weighted by Gasteiger charge is 2.04. The molecule has 0 saturated carbocycles. The lowest BCUT2D eigenvalue weighted by molar-refractivity contribution is 0.690. The maximum absolute atomic E-state index is 11.7. The standard InChI is InChI=1S/C13H13ClN4O2/c1-17-11(7-12(19)18(2)13(17)20)16-15-8-9-3-5-10(14)6-4-9/h3-8,16H,1-2H3/b15-8+. The van der Waals surface area contributed by atoms with Gasteiger partial charge in [-0.05, 0) is 17.7 Å². The van der Waals surface area contributed by atoms with E-state index in [9.17, 15) is 9.59 Å². The molecule has 1 heterocycles. The number of anilines is 1. The van der Waals surface area contributed by atoms with Gasteiger partial charge in [0.05, 0.1) is 6.21 Å². The average molecular weight is 293 g/mol. The van der Waals surface area contributed by atoms with Crippen molar-refractivity contribution < 1.29 is 0 Å². The smallest absolute Gasteiger partial charge is 0.281 e. The van der Waals surface area contributed by atoms with Crippen molar-refractivity contribution in [3.8, 4) is 0 Å². The first kappa shape index (κ1) is 14.1. The van der Waals surface area contributed by atoms with Gasteiger partial charge in [-0.3, -0.25) is 19.4 Å². The summed E-state index contributed by atoms with van der Waals surface area (Å²) in [5.41, 5.74) is 2.71. The van der Waals surface area contributed by atoms with Gasteiger partial charge < -0.3 is 0 Å². The van der Waals surface area contributed by atoms with Crippen LogP contribution in [0.3, 0.4) is 0 Å². The highest BCUT2D eigenvalue weighted by Crippen LogP contribution is 2.08. The first-order valence-corrected chi connectivity index (χ1v) is 6.18. The van der Waals surface area contributed by atoms with Crippen LogP contribution in [0.2, 0.25) is 5.02 Å². The molecule has 1 aromatic carbocycles. The number of nitrogens with zero attached hydrogens (tertiary/aromatic N) is 3. The Hall–Kier alpha value is -2.34. The summed E-state index contributed by atoms with van der Waals surface area (Å²) >= 11 is 5.78. The molecule has 0 unspecified atom stereocenters. The van der Waals surface area contributed by atoms with E-state index in [4.69, 9.17) is 11.6 Å². The number of hydrazone groups is 1. The second-order valence-corrected chi connectivity index (χ2v) is 4.63. The van der Waals surface area contributed by atoms with Gasteiger partial charge in [-0.1, -0.05) is 23.7 Å². The molecular formula is C13H13ClN4O2. The average Bonchev–Trinajstić information content (AvgIpc) is 2.44. The normalized spacial score (nSPS) is 10.9. The van der Waals surface area contributed by atoms with Crippen LogP contribution in [0.5, 0.6) is 0 Å². The molecule has 0 atom stereocenters. The predicted octanol–water partition coefficient (Wildman–Crippen LogP) is 1.18. The minimum absolute atomic E-state index is 0.323. The van der Waals surface area contributed by atoms with Crippen molar-refractivity contribution >= 4 is 23.6 Å². The highest BCUT2D eigenvalue weighted by molar-refractivity contribution is 6.30. The van der Waals surface area contributed by atoms with Gasteiger partial charge in [0.2, 0.25) is 0 Å². The number of nitrogens with one attached hydrogen (secondary N) is 1. The summed E-state index contributed by atoms with van der Waals surface area (Å²) in [6, 6.07) is 8.40. The Morgan fingerprint density at radius 1 is 1.15 bits per heavy atom. The summed E-state index contributed by atoms with van der Waals surface area (Å²) < 4.78 is 2.33. The quantitative estimate of drug-likeness (QED) is 0.682. The largest absolute Gasteiger partial charge is 0.332 e. The summed E-state index contributed by atoms with van der Waals surface area (Å²) in [5.74, 6) is 0.323. The molecule has 1 aromatic heterocycles. The summed E-state index contributed by atoms with van der Waals surface area (Å²) in [6.07, 6.45) is 1.57. The van der Waals surface area contributed by atoms with Crippen LogP contribution in [0.25, 0.3) is 0 Å². The lowest BCUT2D eigenvalue weighted by Crippen LogP contribution is -2.37. The van der Waals surface area contributed by atoms with Crippen molar-refractivity contribution in [2.24, 2.45) is 19.2 Å². The molecule has 2 aromatic rings. The van der Waals surface area contributed by atoms with Gasteiger partial charge in [-0.15, -0.1) is 0 Å². The van der Waals surface area contributed by atoms with E-state index in [1.807, 2.05) is 0 Å². The molecule has 20 heavy (non-hydrogen) atoms. The second kappa shape index (κ2) is 5.75. The van der Waals surface area contributed by atoms with E-state index >= 15 is 0 Å². The Labute approximate surface area is 119 Å². The predicted molar refractivity (Wildman–Crippen MR) is 79.6 cm³/mol. The Kier molecular flexibility index (Phi) is 4.05. The molecule has 6 nitrogen and oxygen atoms in total. The number of hydrogen-bond acceptors (Lipinski definition) is 4. The molecule has 0 radical (unpaired) electrons. The fourth-order valence-corrected chi connectivity index (χ4v) is 1.69. The molecule has 0 aliphatic heterocycles. The van der Waals surface area contributed by atoms with E-state index in [1.54, 1.807) is 37.5 Å². The van der Waals surface area contributed by atoms with E-state index in [2.05, 4.69) is 10.5 Å². The van der Waals surface area contributed by atoms with Crippen LogP contribution >= 0.6 is 11.6 Å². The topological polar surface area (TPSA) is 68.4 Å². The zero-order valence-corrected chi connectivity index (χ0v) is 11.8. The molecular weight excluding hydrogens is 280 g/mol.